The Balaban J connectivity index is 2.61. The van der Waals surface area contributed by atoms with Gasteiger partial charge in [0.2, 0.25) is 5.91 Å². The molecule has 0 aromatic heterocycles. The maximum absolute atomic E-state index is 11.5. The van der Waals surface area contributed by atoms with Crippen LogP contribution in [-0.4, -0.2) is 47.9 Å². The van der Waals surface area contributed by atoms with Gasteiger partial charge in [0, 0.05) is 31.6 Å². The fourth-order valence-electron chi connectivity index (χ4n) is 1.85. The molecule has 3 heteroatoms. The van der Waals surface area contributed by atoms with Crippen LogP contribution in [0, 0.1) is 0 Å². The molecule has 0 bridgehead atoms. The molecule has 1 fully saturated rings. The maximum Gasteiger partial charge on any atom is 0.222 e. The third kappa shape index (κ3) is 2.21. The average molecular weight is 184 g/mol. The summed E-state index contributed by atoms with van der Waals surface area (Å²) in [6.07, 6.45) is 0.626. The minimum absolute atomic E-state index is 0.285. The van der Waals surface area contributed by atoms with Crippen molar-refractivity contribution in [1.82, 2.24) is 9.80 Å². The molecule has 2 atom stereocenters. The summed E-state index contributed by atoms with van der Waals surface area (Å²) in [4.78, 5) is 15.9. The van der Waals surface area contributed by atoms with Gasteiger partial charge in [-0.2, -0.15) is 0 Å². The van der Waals surface area contributed by atoms with Gasteiger partial charge in [-0.1, -0.05) is 6.92 Å². The average Bonchev–Trinajstić information content (AvgIpc) is 2.10. The van der Waals surface area contributed by atoms with E-state index in [1.807, 2.05) is 11.8 Å². The number of rotatable bonds is 1. The predicted molar refractivity (Wildman–Crippen MR) is 53.6 cm³/mol. The van der Waals surface area contributed by atoms with Crippen molar-refractivity contribution in [2.45, 2.75) is 39.3 Å². The zero-order valence-electron chi connectivity index (χ0n) is 9.08. The van der Waals surface area contributed by atoms with Crippen molar-refractivity contribution in [3.05, 3.63) is 0 Å². The Morgan fingerprint density at radius 1 is 1.31 bits per heavy atom. The van der Waals surface area contributed by atoms with Gasteiger partial charge in [-0.15, -0.1) is 0 Å². The SMILES string of the molecule is CCC(=O)N1CC(C)N(C)CC1C. The Bertz CT molecular complexity index is 193. The van der Waals surface area contributed by atoms with Crippen LogP contribution < -0.4 is 0 Å². The molecule has 2 unspecified atom stereocenters. The largest absolute Gasteiger partial charge is 0.337 e. The number of amides is 1. The molecular weight excluding hydrogens is 164 g/mol. The molecule has 1 aliphatic rings. The number of carbonyl (C=O) groups is 1. The van der Waals surface area contributed by atoms with E-state index < -0.39 is 0 Å². The van der Waals surface area contributed by atoms with Crippen LogP contribution in [-0.2, 0) is 4.79 Å². The second-order valence-corrected chi connectivity index (χ2v) is 4.04. The van der Waals surface area contributed by atoms with Crippen LogP contribution in [0.2, 0.25) is 0 Å². The van der Waals surface area contributed by atoms with Crippen LogP contribution in [0.5, 0.6) is 0 Å². The third-order valence-corrected chi connectivity index (χ3v) is 2.92. The van der Waals surface area contributed by atoms with Gasteiger partial charge < -0.3 is 4.90 Å². The van der Waals surface area contributed by atoms with E-state index in [0.717, 1.165) is 13.1 Å². The lowest BCUT2D eigenvalue weighted by Gasteiger charge is -2.42. The lowest BCUT2D eigenvalue weighted by molar-refractivity contribution is -0.136. The van der Waals surface area contributed by atoms with Gasteiger partial charge in [-0.05, 0) is 20.9 Å². The number of carbonyl (C=O) groups excluding carboxylic acids is 1. The summed E-state index contributed by atoms with van der Waals surface area (Å²) in [5.74, 6) is 0.285. The molecule has 1 heterocycles. The normalized spacial score (nSPS) is 30.6. The Hall–Kier alpha value is -0.570. The van der Waals surface area contributed by atoms with Gasteiger partial charge >= 0.3 is 0 Å². The predicted octanol–water partition coefficient (Wildman–Crippen LogP) is 0.947. The van der Waals surface area contributed by atoms with Gasteiger partial charge in [0.05, 0.1) is 0 Å². The first-order valence-electron chi connectivity index (χ1n) is 5.06. The summed E-state index contributed by atoms with van der Waals surface area (Å²) < 4.78 is 0. The Morgan fingerprint density at radius 3 is 2.46 bits per heavy atom. The van der Waals surface area contributed by atoms with Crippen LogP contribution in [0.25, 0.3) is 0 Å². The van der Waals surface area contributed by atoms with Crippen molar-refractivity contribution < 1.29 is 4.79 Å². The topological polar surface area (TPSA) is 23.6 Å². The highest BCUT2D eigenvalue weighted by Crippen LogP contribution is 2.13. The van der Waals surface area contributed by atoms with E-state index >= 15 is 0 Å². The van der Waals surface area contributed by atoms with Gasteiger partial charge in [0.25, 0.3) is 0 Å². The standard InChI is InChI=1S/C10H20N2O/c1-5-10(13)12-7-8(2)11(4)6-9(12)3/h8-9H,5-7H2,1-4H3. The summed E-state index contributed by atoms with van der Waals surface area (Å²) in [7, 11) is 2.12. The summed E-state index contributed by atoms with van der Waals surface area (Å²) in [5.41, 5.74) is 0. The van der Waals surface area contributed by atoms with Crippen LogP contribution in [0.3, 0.4) is 0 Å². The molecule has 0 aromatic rings. The second-order valence-electron chi connectivity index (χ2n) is 4.04. The van der Waals surface area contributed by atoms with Crippen molar-refractivity contribution in [3.63, 3.8) is 0 Å². The zero-order valence-corrected chi connectivity index (χ0v) is 9.08. The quantitative estimate of drug-likeness (QED) is 0.605. The first-order valence-corrected chi connectivity index (χ1v) is 5.06. The molecule has 0 N–H and O–H groups in total. The summed E-state index contributed by atoms with van der Waals surface area (Å²) in [6.45, 7) is 8.09. The molecule has 3 nitrogen and oxygen atoms in total. The number of hydrogen-bond acceptors (Lipinski definition) is 2. The Morgan fingerprint density at radius 2 is 1.92 bits per heavy atom. The number of piperazine rings is 1. The fraction of sp³-hybridized carbons (Fsp3) is 0.900. The molecule has 0 spiro atoms. The fourth-order valence-corrected chi connectivity index (χ4v) is 1.85. The van der Waals surface area contributed by atoms with E-state index in [1.54, 1.807) is 0 Å². The van der Waals surface area contributed by atoms with Gasteiger partial charge in [-0.25, -0.2) is 0 Å². The number of likely N-dealkylation sites (N-methyl/N-ethyl adjacent to an activating group) is 1. The number of nitrogens with zero attached hydrogens (tertiary/aromatic N) is 2. The molecule has 0 aromatic carbocycles. The first kappa shape index (κ1) is 10.5. The summed E-state index contributed by atoms with van der Waals surface area (Å²) >= 11 is 0. The minimum Gasteiger partial charge on any atom is -0.337 e. The highest BCUT2D eigenvalue weighted by Gasteiger charge is 2.28. The van der Waals surface area contributed by atoms with Crippen molar-refractivity contribution in [2.75, 3.05) is 20.1 Å². The highest BCUT2D eigenvalue weighted by molar-refractivity contribution is 5.76. The van der Waals surface area contributed by atoms with Crippen LogP contribution >= 0.6 is 0 Å². The molecule has 0 saturated carbocycles. The van der Waals surface area contributed by atoms with E-state index in [0.29, 0.717) is 18.5 Å². The van der Waals surface area contributed by atoms with E-state index in [-0.39, 0.29) is 5.91 Å². The Kier molecular flexibility index (Phi) is 3.31. The van der Waals surface area contributed by atoms with Gasteiger partial charge in [0.1, 0.15) is 0 Å². The minimum atomic E-state index is 0.285. The van der Waals surface area contributed by atoms with Crippen molar-refractivity contribution in [2.24, 2.45) is 0 Å². The van der Waals surface area contributed by atoms with Crippen molar-refractivity contribution in [1.29, 1.82) is 0 Å². The van der Waals surface area contributed by atoms with Gasteiger partial charge in [0.15, 0.2) is 0 Å². The van der Waals surface area contributed by atoms with E-state index in [9.17, 15) is 4.79 Å². The van der Waals surface area contributed by atoms with Crippen LogP contribution in [0.1, 0.15) is 27.2 Å². The van der Waals surface area contributed by atoms with Crippen LogP contribution in [0.15, 0.2) is 0 Å². The lowest BCUT2D eigenvalue weighted by atomic mass is 10.1. The third-order valence-electron chi connectivity index (χ3n) is 2.92. The smallest absolute Gasteiger partial charge is 0.222 e. The molecule has 0 aliphatic carbocycles. The second kappa shape index (κ2) is 4.09. The molecule has 1 saturated heterocycles. The molecule has 13 heavy (non-hydrogen) atoms. The van der Waals surface area contributed by atoms with Gasteiger partial charge in [-0.3, -0.25) is 9.69 Å². The highest BCUT2D eigenvalue weighted by atomic mass is 16.2. The molecule has 1 amide bonds. The lowest BCUT2D eigenvalue weighted by Crippen LogP contribution is -2.56. The zero-order chi connectivity index (χ0) is 10.0. The molecular formula is C10H20N2O. The van der Waals surface area contributed by atoms with E-state index in [1.165, 1.54) is 0 Å². The molecule has 1 aliphatic heterocycles. The molecule has 1 rings (SSSR count). The van der Waals surface area contributed by atoms with E-state index in [2.05, 4.69) is 25.8 Å². The maximum atomic E-state index is 11.5. The Labute approximate surface area is 80.7 Å². The van der Waals surface area contributed by atoms with Crippen molar-refractivity contribution >= 4 is 5.91 Å². The number of hydrogen-bond donors (Lipinski definition) is 0. The first-order chi connectivity index (χ1) is 6.06. The van der Waals surface area contributed by atoms with Crippen molar-refractivity contribution in [3.8, 4) is 0 Å². The monoisotopic (exact) mass is 184 g/mol. The summed E-state index contributed by atoms with van der Waals surface area (Å²) in [6, 6.07) is 0.861. The molecule has 0 radical (unpaired) electrons. The summed E-state index contributed by atoms with van der Waals surface area (Å²) in [5, 5.41) is 0. The van der Waals surface area contributed by atoms with E-state index in [4.69, 9.17) is 0 Å². The van der Waals surface area contributed by atoms with Crippen LogP contribution in [0.4, 0.5) is 0 Å². The molecule has 76 valence electrons.